The second kappa shape index (κ2) is 5.92. The van der Waals surface area contributed by atoms with E-state index in [1.54, 1.807) is 19.5 Å². The van der Waals surface area contributed by atoms with Crippen LogP contribution >= 0.6 is 11.3 Å². The molecule has 1 atom stereocenters. The van der Waals surface area contributed by atoms with Crippen molar-refractivity contribution in [3.05, 3.63) is 35.0 Å². The molecule has 0 aromatic carbocycles. The van der Waals surface area contributed by atoms with Gasteiger partial charge in [0.2, 0.25) is 0 Å². The number of anilines is 2. The zero-order valence-electron chi connectivity index (χ0n) is 11.6. The number of nitrogen functional groups attached to an aromatic ring is 1. The van der Waals surface area contributed by atoms with Crippen LogP contribution in [0.2, 0.25) is 0 Å². The summed E-state index contributed by atoms with van der Waals surface area (Å²) in [7, 11) is 1.54. The molecule has 2 rings (SSSR count). The van der Waals surface area contributed by atoms with Crippen LogP contribution in [0.4, 0.5) is 10.7 Å². The minimum absolute atomic E-state index is 0.0375. The van der Waals surface area contributed by atoms with Crippen LogP contribution in [-0.2, 0) is 0 Å². The van der Waals surface area contributed by atoms with E-state index >= 15 is 0 Å². The van der Waals surface area contributed by atoms with Crippen molar-refractivity contribution in [3.63, 3.8) is 0 Å². The smallest absolute Gasteiger partial charge is 0.176 e. The minimum atomic E-state index is -0.0621. The quantitative estimate of drug-likeness (QED) is 0.828. The first-order valence-electron chi connectivity index (χ1n) is 6.18. The van der Waals surface area contributed by atoms with Crippen LogP contribution < -0.4 is 15.8 Å². The van der Waals surface area contributed by atoms with E-state index in [0.29, 0.717) is 16.3 Å². The van der Waals surface area contributed by atoms with E-state index in [0.717, 1.165) is 10.6 Å². The van der Waals surface area contributed by atoms with Gasteiger partial charge in [-0.25, -0.2) is 0 Å². The average Bonchev–Trinajstić information content (AvgIpc) is 2.76. The minimum Gasteiger partial charge on any atom is -0.492 e. The number of pyridine rings is 1. The molecule has 0 bridgehead atoms. The van der Waals surface area contributed by atoms with Gasteiger partial charge in [-0.15, -0.1) is 11.3 Å². The Kier molecular flexibility index (Phi) is 4.24. The number of carbonyl (C=O) groups excluding carboxylic acids is 1. The normalized spacial score (nSPS) is 11.9. The van der Waals surface area contributed by atoms with E-state index in [-0.39, 0.29) is 11.8 Å². The summed E-state index contributed by atoms with van der Waals surface area (Å²) >= 11 is 1.31. The molecule has 6 heteroatoms. The van der Waals surface area contributed by atoms with Crippen LogP contribution in [0.5, 0.6) is 5.75 Å². The summed E-state index contributed by atoms with van der Waals surface area (Å²) in [5.41, 5.74) is 7.38. The number of aromatic nitrogens is 1. The Labute approximate surface area is 121 Å². The third kappa shape index (κ3) is 2.75. The number of nitrogens with one attached hydrogen (secondary N) is 1. The van der Waals surface area contributed by atoms with Crippen LogP contribution in [0, 0.1) is 0 Å². The van der Waals surface area contributed by atoms with Crippen LogP contribution in [0.25, 0.3) is 0 Å². The van der Waals surface area contributed by atoms with Crippen molar-refractivity contribution in [2.24, 2.45) is 0 Å². The molecule has 0 amide bonds. The molecule has 0 aliphatic heterocycles. The molecule has 2 heterocycles. The summed E-state index contributed by atoms with van der Waals surface area (Å²) in [5.74, 6) is 0.462. The summed E-state index contributed by atoms with van der Waals surface area (Å²) in [6, 6.07) is 3.91. The molecule has 0 saturated carbocycles. The van der Waals surface area contributed by atoms with Crippen molar-refractivity contribution in [1.29, 1.82) is 0 Å². The predicted molar refractivity (Wildman–Crippen MR) is 81.6 cm³/mol. The average molecular weight is 291 g/mol. The van der Waals surface area contributed by atoms with Gasteiger partial charge in [0.05, 0.1) is 23.7 Å². The molecule has 0 saturated heterocycles. The predicted octanol–water partition coefficient (Wildman–Crippen LogP) is 3.11. The van der Waals surface area contributed by atoms with Crippen molar-refractivity contribution >= 4 is 27.8 Å². The zero-order valence-corrected chi connectivity index (χ0v) is 12.5. The number of nitrogens with zero attached hydrogens (tertiary/aromatic N) is 1. The molecule has 0 spiro atoms. The number of ether oxygens (including phenoxy) is 1. The van der Waals surface area contributed by atoms with Crippen LogP contribution in [0.15, 0.2) is 24.5 Å². The summed E-state index contributed by atoms with van der Waals surface area (Å²) in [4.78, 5) is 16.2. The largest absolute Gasteiger partial charge is 0.492 e. The molecular weight excluding hydrogens is 274 g/mol. The van der Waals surface area contributed by atoms with Gasteiger partial charge in [-0.2, -0.15) is 0 Å². The summed E-state index contributed by atoms with van der Waals surface area (Å²) in [6.07, 6.45) is 3.53. The van der Waals surface area contributed by atoms with Crippen molar-refractivity contribution in [2.75, 3.05) is 18.2 Å². The Hall–Kier alpha value is -2.08. The molecule has 106 valence electrons. The first-order valence-corrected chi connectivity index (χ1v) is 7.00. The maximum Gasteiger partial charge on any atom is 0.176 e. The molecular formula is C14H17N3O2S. The molecule has 0 fully saturated rings. The number of thiophene rings is 1. The number of carbonyl (C=O) groups is 1. The molecule has 0 aliphatic carbocycles. The van der Waals surface area contributed by atoms with Crippen molar-refractivity contribution in [3.8, 4) is 5.75 Å². The SMILES string of the molecule is COc1c(NC(C)c2cccnc2)sc(C(C)=O)c1N. The van der Waals surface area contributed by atoms with Crippen LogP contribution in [-0.4, -0.2) is 17.9 Å². The van der Waals surface area contributed by atoms with E-state index in [2.05, 4.69) is 10.3 Å². The van der Waals surface area contributed by atoms with Gasteiger partial charge < -0.3 is 15.8 Å². The highest BCUT2D eigenvalue weighted by molar-refractivity contribution is 7.19. The fraction of sp³-hybridized carbons (Fsp3) is 0.286. The highest BCUT2D eigenvalue weighted by atomic mass is 32.1. The highest BCUT2D eigenvalue weighted by Gasteiger charge is 2.20. The number of hydrogen-bond acceptors (Lipinski definition) is 6. The van der Waals surface area contributed by atoms with E-state index < -0.39 is 0 Å². The maximum absolute atomic E-state index is 11.5. The second-order valence-electron chi connectivity index (χ2n) is 4.42. The van der Waals surface area contributed by atoms with Gasteiger partial charge in [0.15, 0.2) is 11.5 Å². The number of methoxy groups -OCH3 is 1. The Morgan fingerprint density at radius 3 is 2.85 bits per heavy atom. The Balaban J connectivity index is 2.29. The van der Waals surface area contributed by atoms with E-state index in [1.807, 2.05) is 19.1 Å². The van der Waals surface area contributed by atoms with Gasteiger partial charge in [-0.3, -0.25) is 9.78 Å². The van der Waals surface area contributed by atoms with Crippen molar-refractivity contribution in [1.82, 2.24) is 4.98 Å². The first kappa shape index (κ1) is 14.3. The number of rotatable bonds is 5. The van der Waals surface area contributed by atoms with Crippen LogP contribution in [0.1, 0.15) is 35.1 Å². The topological polar surface area (TPSA) is 77.2 Å². The number of ketones is 1. The van der Waals surface area contributed by atoms with Gasteiger partial charge >= 0.3 is 0 Å². The van der Waals surface area contributed by atoms with Crippen molar-refractivity contribution < 1.29 is 9.53 Å². The summed E-state index contributed by atoms with van der Waals surface area (Å²) < 4.78 is 5.30. The lowest BCUT2D eigenvalue weighted by Gasteiger charge is -2.14. The van der Waals surface area contributed by atoms with E-state index in [1.165, 1.54) is 18.3 Å². The molecule has 5 nitrogen and oxygen atoms in total. The molecule has 2 aromatic rings. The fourth-order valence-corrected chi connectivity index (χ4v) is 2.97. The molecule has 0 aliphatic rings. The Bertz CT molecular complexity index is 610. The van der Waals surface area contributed by atoms with Gasteiger partial charge in [-0.1, -0.05) is 6.07 Å². The van der Waals surface area contributed by atoms with Gasteiger partial charge in [0.1, 0.15) is 5.00 Å². The third-order valence-electron chi connectivity index (χ3n) is 2.96. The molecule has 1 unspecified atom stereocenters. The zero-order chi connectivity index (χ0) is 14.7. The summed E-state index contributed by atoms with van der Waals surface area (Å²) in [5, 5.41) is 4.07. The van der Waals surface area contributed by atoms with E-state index in [9.17, 15) is 4.79 Å². The third-order valence-corrected chi connectivity index (χ3v) is 4.17. The fourth-order valence-electron chi connectivity index (χ4n) is 1.90. The molecule has 3 N–H and O–H groups in total. The lowest BCUT2D eigenvalue weighted by molar-refractivity contribution is 0.102. The molecule has 20 heavy (non-hydrogen) atoms. The Morgan fingerprint density at radius 1 is 1.55 bits per heavy atom. The van der Waals surface area contributed by atoms with E-state index in [4.69, 9.17) is 10.5 Å². The number of nitrogens with two attached hydrogens (primary N) is 1. The second-order valence-corrected chi connectivity index (χ2v) is 5.44. The van der Waals surface area contributed by atoms with Crippen LogP contribution in [0.3, 0.4) is 0 Å². The molecule has 2 aromatic heterocycles. The molecule has 0 radical (unpaired) electrons. The van der Waals surface area contributed by atoms with Gasteiger partial charge in [0.25, 0.3) is 0 Å². The summed E-state index contributed by atoms with van der Waals surface area (Å²) in [6.45, 7) is 3.51. The van der Waals surface area contributed by atoms with Crippen molar-refractivity contribution in [2.45, 2.75) is 19.9 Å². The number of hydrogen-bond donors (Lipinski definition) is 2. The number of Topliss-reactive ketones (excluding diaryl/α,β-unsaturated/α-hetero) is 1. The van der Waals surface area contributed by atoms with Gasteiger partial charge in [0, 0.05) is 19.3 Å². The Morgan fingerprint density at radius 2 is 2.30 bits per heavy atom. The lowest BCUT2D eigenvalue weighted by Crippen LogP contribution is -2.06. The maximum atomic E-state index is 11.5. The van der Waals surface area contributed by atoms with Gasteiger partial charge in [-0.05, 0) is 18.6 Å². The first-order chi connectivity index (χ1) is 9.54. The lowest BCUT2D eigenvalue weighted by atomic mass is 10.1. The monoisotopic (exact) mass is 291 g/mol. The standard InChI is InChI=1S/C14H17N3O2S/c1-8(10-5-4-6-16-7-10)17-14-12(19-3)11(15)13(20-14)9(2)18/h4-8,17H,15H2,1-3H3. The highest BCUT2D eigenvalue weighted by Crippen LogP contribution is 2.43.